The number of ether oxygens (including phenoxy) is 1. The van der Waals surface area contributed by atoms with Crippen LogP contribution in [-0.4, -0.2) is 77.0 Å². The minimum Gasteiger partial charge on any atom is -0.473 e. The van der Waals surface area contributed by atoms with E-state index in [9.17, 15) is 32.3 Å². The molecule has 214 valence electrons. The van der Waals surface area contributed by atoms with Crippen molar-refractivity contribution in [2.24, 2.45) is 5.92 Å². The minimum atomic E-state index is -5.17. The van der Waals surface area contributed by atoms with Crippen LogP contribution < -0.4 is 15.4 Å². The number of anilines is 1. The summed E-state index contributed by atoms with van der Waals surface area (Å²) >= 11 is 0. The molecule has 1 aromatic carbocycles. The third-order valence-electron chi connectivity index (χ3n) is 8.08. The standard InChI is InChI=1S/C27H30F3N5O5/c1-14(32-25(39)27(28,29)30)22(36)34(3)19(11-15-7-8-15)23(37)35-13-26(12-20(35)31-2)24(38)33-18-6-4-5-17(16-9-10-16)21(18)40-26/h4-6,14-16,19-20H,7-13H2,1,3H3,(H,32,39)(H,33,38)/t14-,19-,20-,26+/m0/s1. The summed E-state index contributed by atoms with van der Waals surface area (Å²) in [5.41, 5.74) is 0.00708. The Labute approximate surface area is 229 Å². The van der Waals surface area contributed by atoms with E-state index in [1.807, 2.05) is 12.1 Å². The van der Waals surface area contributed by atoms with Gasteiger partial charge in [0.25, 0.3) is 11.8 Å². The van der Waals surface area contributed by atoms with E-state index in [4.69, 9.17) is 11.3 Å². The topological polar surface area (TPSA) is 112 Å². The van der Waals surface area contributed by atoms with Crippen LogP contribution in [0.1, 0.15) is 56.9 Å². The van der Waals surface area contributed by atoms with Gasteiger partial charge in [0, 0.05) is 7.05 Å². The fourth-order valence-electron chi connectivity index (χ4n) is 5.47. The van der Waals surface area contributed by atoms with Crippen molar-refractivity contribution in [3.8, 4) is 5.75 Å². The summed E-state index contributed by atoms with van der Waals surface area (Å²) in [7, 11) is 1.30. The van der Waals surface area contributed by atoms with Gasteiger partial charge in [-0.3, -0.25) is 28.9 Å². The Morgan fingerprint density at radius 3 is 2.58 bits per heavy atom. The molecule has 10 nitrogen and oxygen atoms in total. The Bertz CT molecular complexity index is 1290. The molecule has 40 heavy (non-hydrogen) atoms. The zero-order valence-corrected chi connectivity index (χ0v) is 22.1. The fraction of sp³-hybridized carbons (Fsp3) is 0.593. The quantitative estimate of drug-likeness (QED) is 0.498. The first kappa shape index (κ1) is 27.7. The van der Waals surface area contributed by atoms with Crippen molar-refractivity contribution in [2.75, 3.05) is 18.9 Å². The summed E-state index contributed by atoms with van der Waals surface area (Å²) in [4.78, 5) is 57.5. The van der Waals surface area contributed by atoms with E-state index in [2.05, 4.69) is 10.2 Å². The van der Waals surface area contributed by atoms with Crippen molar-refractivity contribution in [1.29, 1.82) is 0 Å². The number of nitrogens with zero attached hydrogens (tertiary/aromatic N) is 3. The summed E-state index contributed by atoms with van der Waals surface area (Å²) in [5, 5.41) is 4.51. The molecule has 0 radical (unpaired) electrons. The average molecular weight is 562 g/mol. The van der Waals surface area contributed by atoms with Crippen molar-refractivity contribution in [2.45, 2.75) is 81.4 Å². The number of carbonyl (C=O) groups excluding carboxylic acids is 4. The summed E-state index contributed by atoms with van der Waals surface area (Å²) in [5.74, 6) is -3.20. The van der Waals surface area contributed by atoms with Crippen LogP contribution in [0.4, 0.5) is 18.9 Å². The number of likely N-dealkylation sites (N-methyl/N-ethyl adjacent to an activating group) is 1. The maximum absolute atomic E-state index is 13.9. The number of amides is 4. The summed E-state index contributed by atoms with van der Waals surface area (Å²) in [6, 6.07) is 2.89. The second kappa shape index (κ2) is 9.98. The summed E-state index contributed by atoms with van der Waals surface area (Å²) < 4.78 is 44.5. The molecule has 5 rings (SSSR count). The number of fused-ring (bicyclic) bond motifs is 1. The SMILES string of the molecule is [C-]#[N+][C@@H]1C[C@]2(CN1C(=O)[C@H](CC1CC1)N(C)C(=O)[C@H](C)NC(=O)C(F)(F)F)Oc1c(cccc1C1CC1)NC2=O. The van der Waals surface area contributed by atoms with Crippen LogP contribution in [0.2, 0.25) is 0 Å². The van der Waals surface area contributed by atoms with Crippen molar-refractivity contribution in [1.82, 2.24) is 15.1 Å². The number of carbonyl (C=O) groups is 4. The van der Waals surface area contributed by atoms with Crippen LogP contribution in [-0.2, 0) is 19.2 Å². The molecule has 2 N–H and O–H groups in total. The second-order valence-electron chi connectivity index (χ2n) is 11.2. The number of alkyl halides is 3. The molecule has 3 fully saturated rings. The van der Waals surface area contributed by atoms with E-state index in [1.165, 1.54) is 11.9 Å². The number of hydrogen-bond acceptors (Lipinski definition) is 5. The highest BCUT2D eigenvalue weighted by Gasteiger charge is 2.59. The largest absolute Gasteiger partial charge is 0.473 e. The fourth-order valence-corrected chi connectivity index (χ4v) is 5.47. The Morgan fingerprint density at radius 1 is 1.27 bits per heavy atom. The minimum absolute atomic E-state index is 0.0711. The van der Waals surface area contributed by atoms with E-state index in [1.54, 1.807) is 11.4 Å². The first-order chi connectivity index (χ1) is 18.8. The molecule has 1 spiro atoms. The van der Waals surface area contributed by atoms with Gasteiger partial charge in [0.1, 0.15) is 17.8 Å². The molecule has 0 unspecified atom stereocenters. The number of para-hydroxylation sites is 1. The lowest BCUT2D eigenvalue weighted by Crippen LogP contribution is -2.57. The van der Waals surface area contributed by atoms with Crippen molar-refractivity contribution in [3.63, 3.8) is 0 Å². The van der Waals surface area contributed by atoms with Gasteiger partial charge in [-0.1, -0.05) is 25.0 Å². The highest BCUT2D eigenvalue weighted by atomic mass is 19.4. The molecule has 1 saturated heterocycles. The Morgan fingerprint density at radius 2 is 1.98 bits per heavy atom. The zero-order valence-electron chi connectivity index (χ0n) is 22.1. The van der Waals surface area contributed by atoms with E-state index in [0.29, 0.717) is 17.4 Å². The van der Waals surface area contributed by atoms with Crippen LogP contribution in [0.5, 0.6) is 5.75 Å². The van der Waals surface area contributed by atoms with Crippen molar-refractivity contribution in [3.05, 3.63) is 35.2 Å². The number of rotatable bonds is 7. The molecule has 0 aromatic heterocycles. The van der Waals surface area contributed by atoms with Gasteiger partial charge in [0.2, 0.25) is 11.5 Å². The van der Waals surface area contributed by atoms with Gasteiger partial charge in [-0.15, -0.1) is 0 Å². The molecular weight excluding hydrogens is 531 g/mol. The van der Waals surface area contributed by atoms with Crippen LogP contribution in [0.3, 0.4) is 0 Å². The van der Waals surface area contributed by atoms with Gasteiger partial charge in [-0.25, -0.2) is 6.57 Å². The van der Waals surface area contributed by atoms with Crippen LogP contribution in [0, 0.1) is 12.5 Å². The number of nitrogens with one attached hydrogen (secondary N) is 2. The third kappa shape index (κ3) is 5.19. The zero-order chi connectivity index (χ0) is 29.0. The Balaban J connectivity index is 1.37. The van der Waals surface area contributed by atoms with E-state index >= 15 is 0 Å². The molecule has 2 aliphatic heterocycles. The lowest BCUT2D eigenvalue weighted by Gasteiger charge is -2.35. The van der Waals surface area contributed by atoms with Gasteiger partial charge in [0.15, 0.2) is 0 Å². The number of likely N-dealkylation sites (tertiary alicyclic amines) is 1. The van der Waals surface area contributed by atoms with Crippen LogP contribution >= 0.6 is 0 Å². The molecule has 2 heterocycles. The molecule has 13 heteroatoms. The highest BCUT2D eigenvalue weighted by molar-refractivity contribution is 6.02. The molecule has 4 amide bonds. The van der Waals surface area contributed by atoms with Crippen LogP contribution in [0.25, 0.3) is 4.85 Å². The first-order valence-corrected chi connectivity index (χ1v) is 13.3. The maximum Gasteiger partial charge on any atom is 0.471 e. The lowest BCUT2D eigenvalue weighted by molar-refractivity contribution is -0.175. The molecule has 0 bridgehead atoms. The average Bonchev–Trinajstić information content (AvgIpc) is 3.84. The first-order valence-electron chi connectivity index (χ1n) is 13.3. The normalized spacial score (nSPS) is 25.2. The molecular formula is C27H30F3N5O5. The monoisotopic (exact) mass is 561 g/mol. The number of hydrogen-bond donors (Lipinski definition) is 2. The van der Waals surface area contributed by atoms with Gasteiger partial charge in [-0.05, 0) is 49.7 Å². The molecule has 2 aliphatic carbocycles. The molecule has 4 aliphatic rings. The van der Waals surface area contributed by atoms with Crippen molar-refractivity contribution < 1.29 is 37.1 Å². The second-order valence-corrected chi connectivity index (χ2v) is 11.2. The molecule has 4 atom stereocenters. The summed E-state index contributed by atoms with van der Waals surface area (Å²) in [6.45, 7) is 8.66. The predicted octanol–water partition coefficient (Wildman–Crippen LogP) is 2.81. The summed E-state index contributed by atoms with van der Waals surface area (Å²) in [6.07, 6.45) is -2.37. The smallest absolute Gasteiger partial charge is 0.471 e. The van der Waals surface area contributed by atoms with Gasteiger partial charge in [0.05, 0.1) is 18.7 Å². The van der Waals surface area contributed by atoms with Gasteiger partial charge in [-0.2, -0.15) is 13.2 Å². The third-order valence-corrected chi connectivity index (χ3v) is 8.08. The lowest BCUT2D eigenvalue weighted by atomic mass is 9.97. The highest BCUT2D eigenvalue weighted by Crippen LogP contribution is 2.50. The molecule has 1 aromatic rings. The van der Waals surface area contributed by atoms with E-state index < -0.39 is 53.7 Å². The number of halogens is 3. The van der Waals surface area contributed by atoms with E-state index in [0.717, 1.165) is 43.1 Å². The Hall–Kier alpha value is -3.82. The van der Waals surface area contributed by atoms with Crippen molar-refractivity contribution >= 4 is 29.3 Å². The Kier molecular flexibility index (Phi) is 6.92. The van der Waals surface area contributed by atoms with E-state index in [-0.39, 0.29) is 25.3 Å². The number of benzene rings is 1. The predicted molar refractivity (Wildman–Crippen MR) is 135 cm³/mol. The van der Waals surface area contributed by atoms with Gasteiger partial charge < -0.3 is 20.3 Å². The molecule has 2 saturated carbocycles. The van der Waals surface area contributed by atoms with Gasteiger partial charge >= 0.3 is 18.2 Å². The van der Waals surface area contributed by atoms with Crippen LogP contribution in [0.15, 0.2) is 18.2 Å². The maximum atomic E-state index is 13.9.